The number of rotatable bonds is 3. The maximum Gasteiger partial charge on any atom is 0.123 e. The van der Waals surface area contributed by atoms with Crippen molar-refractivity contribution >= 4 is 0 Å². The fourth-order valence-corrected chi connectivity index (χ4v) is 3.95. The van der Waals surface area contributed by atoms with Crippen molar-refractivity contribution in [2.24, 2.45) is 5.92 Å². The summed E-state index contributed by atoms with van der Waals surface area (Å²) in [6.07, 6.45) is 3.95. The Hall–Kier alpha value is -0.970. The lowest BCUT2D eigenvalue weighted by molar-refractivity contribution is -0.0686. The molecular weight excluding hydrogens is 279 g/mol. The first-order chi connectivity index (χ1) is 10.6. The largest absolute Gasteiger partial charge is 0.385 e. The molecule has 1 N–H and O–H groups in total. The third-order valence-corrected chi connectivity index (χ3v) is 5.43. The minimum atomic E-state index is -0.871. The van der Waals surface area contributed by atoms with Crippen LogP contribution in [0.5, 0.6) is 0 Å². The molecule has 1 aliphatic heterocycles. The van der Waals surface area contributed by atoms with Crippen LogP contribution in [0.3, 0.4) is 0 Å². The van der Waals surface area contributed by atoms with Crippen LogP contribution in [-0.4, -0.2) is 54.7 Å². The Morgan fingerprint density at radius 2 is 2.00 bits per heavy atom. The molecule has 0 radical (unpaired) electrons. The Labute approximate surface area is 132 Å². The first-order valence-corrected chi connectivity index (χ1v) is 8.47. The van der Waals surface area contributed by atoms with Gasteiger partial charge in [0.25, 0.3) is 0 Å². The van der Waals surface area contributed by atoms with E-state index >= 15 is 0 Å². The molecule has 4 heteroatoms. The minimum Gasteiger partial charge on any atom is -0.385 e. The van der Waals surface area contributed by atoms with Crippen molar-refractivity contribution in [1.29, 1.82) is 0 Å². The number of hydrogen-bond acceptors (Lipinski definition) is 3. The fourth-order valence-electron chi connectivity index (χ4n) is 3.95. The van der Waals surface area contributed by atoms with Gasteiger partial charge in [-0.1, -0.05) is 25.0 Å². The minimum absolute atomic E-state index is 0.200. The molecule has 0 aromatic heterocycles. The topological polar surface area (TPSA) is 26.7 Å². The van der Waals surface area contributed by atoms with Gasteiger partial charge in [0.15, 0.2) is 0 Å². The van der Waals surface area contributed by atoms with Crippen LogP contribution in [0.4, 0.5) is 4.39 Å². The van der Waals surface area contributed by atoms with E-state index in [4.69, 9.17) is 0 Å². The van der Waals surface area contributed by atoms with Gasteiger partial charge in [-0.25, -0.2) is 4.39 Å². The summed E-state index contributed by atoms with van der Waals surface area (Å²) < 4.78 is 13.6. The van der Waals surface area contributed by atoms with Gasteiger partial charge >= 0.3 is 0 Å². The monoisotopic (exact) mass is 306 g/mol. The summed E-state index contributed by atoms with van der Waals surface area (Å²) in [5, 5.41) is 11.3. The van der Waals surface area contributed by atoms with E-state index in [1.54, 1.807) is 6.07 Å². The SMILES string of the molecule is CN1CCN(CC2CCCCC2(O)c2cccc(F)c2)CC1. The Morgan fingerprint density at radius 1 is 1.23 bits per heavy atom. The molecule has 1 aliphatic carbocycles. The zero-order valence-electron chi connectivity index (χ0n) is 13.5. The Balaban J connectivity index is 1.75. The van der Waals surface area contributed by atoms with Crippen molar-refractivity contribution in [1.82, 2.24) is 9.80 Å². The van der Waals surface area contributed by atoms with E-state index in [9.17, 15) is 9.50 Å². The highest BCUT2D eigenvalue weighted by molar-refractivity contribution is 5.25. The van der Waals surface area contributed by atoms with Crippen LogP contribution in [0.25, 0.3) is 0 Å². The molecule has 3 rings (SSSR count). The number of nitrogens with zero attached hydrogens (tertiary/aromatic N) is 2. The quantitative estimate of drug-likeness (QED) is 0.929. The maximum atomic E-state index is 13.6. The predicted molar refractivity (Wildman–Crippen MR) is 86.2 cm³/mol. The number of aliphatic hydroxyl groups is 1. The molecule has 2 unspecified atom stereocenters. The van der Waals surface area contributed by atoms with E-state index in [0.29, 0.717) is 0 Å². The zero-order valence-corrected chi connectivity index (χ0v) is 13.5. The molecule has 1 saturated carbocycles. The lowest BCUT2D eigenvalue weighted by atomic mass is 9.71. The van der Waals surface area contributed by atoms with E-state index in [1.165, 1.54) is 12.1 Å². The van der Waals surface area contributed by atoms with Crippen molar-refractivity contribution in [3.63, 3.8) is 0 Å². The molecule has 2 aliphatic rings. The molecule has 1 aromatic rings. The van der Waals surface area contributed by atoms with E-state index in [1.807, 2.05) is 6.07 Å². The molecule has 2 fully saturated rings. The van der Waals surface area contributed by atoms with Crippen LogP contribution in [-0.2, 0) is 5.60 Å². The number of piperazine rings is 1. The van der Waals surface area contributed by atoms with Crippen molar-refractivity contribution in [2.45, 2.75) is 31.3 Å². The van der Waals surface area contributed by atoms with Crippen LogP contribution in [0.2, 0.25) is 0 Å². The molecule has 1 saturated heterocycles. The number of hydrogen-bond donors (Lipinski definition) is 1. The van der Waals surface area contributed by atoms with Crippen molar-refractivity contribution in [3.05, 3.63) is 35.6 Å². The normalized spacial score (nSPS) is 31.3. The number of halogens is 1. The second-order valence-electron chi connectivity index (χ2n) is 6.98. The van der Waals surface area contributed by atoms with Crippen LogP contribution < -0.4 is 0 Å². The summed E-state index contributed by atoms with van der Waals surface area (Å²) >= 11 is 0. The van der Waals surface area contributed by atoms with Gasteiger partial charge in [-0.3, -0.25) is 0 Å². The van der Waals surface area contributed by atoms with E-state index in [-0.39, 0.29) is 11.7 Å². The van der Waals surface area contributed by atoms with Gasteiger partial charge in [-0.2, -0.15) is 0 Å². The standard InChI is InChI=1S/C18H27FN2O/c1-20-9-11-21(12-10-20)14-16-5-2-3-8-18(16,22)15-6-4-7-17(19)13-15/h4,6-7,13,16,22H,2-3,5,8-12,14H2,1H3. The molecule has 0 amide bonds. The molecule has 22 heavy (non-hydrogen) atoms. The summed E-state index contributed by atoms with van der Waals surface area (Å²) in [7, 11) is 2.15. The lowest BCUT2D eigenvalue weighted by Gasteiger charge is -2.44. The summed E-state index contributed by atoms with van der Waals surface area (Å²) in [4.78, 5) is 4.80. The lowest BCUT2D eigenvalue weighted by Crippen LogP contribution is -2.50. The first-order valence-electron chi connectivity index (χ1n) is 8.47. The summed E-state index contributed by atoms with van der Waals surface area (Å²) in [6.45, 7) is 5.22. The molecule has 2 atom stereocenters. The van der Waals surface area contributed by atoms with Gasteiger partial charge in [0, 0.05) is 38.6 Å². The maximum absolute atomic E-state index is 13.6. The third kappa shape index (κ3) is 3.34. The first kappa shape index (κ1) is 15.9. The highest BCUT2D eigenvalue weighted by Gasteiger charge is 2.41. The van der Waals surface area contributed by atoms with Crippen LogP contribution in [0, 0.1) is 11.7 Å². The van der Waals surface area contributed by atoms with E-state index in [0.717, 1.165) is 64.0 Å². The van der Waals surface area contributed by atoms with Gasteiger partial charge in [-0.15, -0.1) is 0 Å². The fraction of sp³-hybridized carbons (Fsp3) is 0.667. The number of likely N-dealkylation sites (N-methyl/N-ethyl adjacent to an activating group) is 1. The summed E-state index contributed by atoms with van der Waals surface area (Å²) in [5.74, 6) is -0.0544. The van der Waals surface area contributed by atoms with Gasteiger partial charge in [0.2, 0.25) is 0 Å². The average Bonchev–Trinajstić information content (AvgIpc) is 2.52. The zero-order chi connectivity index (χ0) is 15.6. The third-order valence-electron chi connectivity index (χ3n) is 5.43. The summed E-state index contributed by atoms with van der Waals surface area (Å²) in [6, 6.07) is 6.56. The molecule has 1 heterocycles. The molecule has 122 valence electrons. The smallest absolute Gasteiger partial charge is 0.123 e. The van der Waals surface area contributed by atoms with E-state index in [2.05, 4.69) is 16.8 Å². The second kappa shape index (κ2) is 6.65. The molecule has 1 aromatic carbocycles. The van der Waals surface area contributed by atoms with E-state index < -0.39 is 5.60 Å². The number of benzene rings is 1. The average molecular weight is 306 g/mol. The Kier molecular flexibility index (Phi) is 4.81. The van der Waals surface area contributed by atoms with Crippen molar-refractivity contribution in [3.8, 4) is 0 Å². The van der Waals surface area contributed by atoms with Crippen LogP contribution in [0.15, 0.2) is 24.3 Å². The van der Waals surface area contributed by atoms with Gasteiger partial charge in [0.1, 0.15) is 5.82 Å². The highest BCUT2D eigenvalue weighted by atomic mass is 19.1. The molecule has 0 spiro atoms. The predicted octanol–water partition coefficient (Wildman–Crippen LogP) is 2.45. The van der Waals surface area contributed by atoms with Crippen LogP contribution >= 0.6 is 0 Å². The van der Waals surface area contributed by atoms with Crippen molar-refractivity contribution < 1.29 is 9.50 Å². The van der Waals surface area contributed by atoms with Gasteiger partial charge in [0.05, 0.1) is 5.60 Å². The molecule has 3 nitrogen and oxygen atoms in total. The van der Waals surface area contributed by atoms with Crippen LogP contribution in [0.1, 0.15) is 31.2 Å². The van der Waals surface area contributed by atoms with Crippen molar-refractivity contribution in [2.75, 3.05) is 39.8 Å². The summed E-state index contributed by atoms with van der Waals surface area (Å²) in [5.41, 5.74) is -0.115. The Morgan fingerprint density at radius 3 is 2.73 bits per heavy atom. The second-order valence-corrected chi connectivity index (χ2v) is 6.98. The highest BCUT2D eigenvalue weighted by Crippen LogP contribution is 2.42. The molecular formula is C18H27FN2O. The van der Waals surface area contributed by atoms with Gasteiger partial charge < -0.3 is 14.9 Å². The Bertz CT molecular complexity index is 502. The van der Waals surface area contributed by atoms with Gasteiger partial charge in [-0.05, 0) is 37.6 Å². The molecule has 0 bridgehead atoms.